The van der Waals surface area contributed by atoms with Crippen LogP contribution in [0.1, 0.15) is 17.2 Å². The van der Waals surface area contributed by atoms with Gasteiger partial charge in [-0.15, -0.1) is 0 Å². The molecule has 0 N–H and O–H groups in total. The second-order valence-corrected chi connectivity index (χ2v) is 5.87. The Bertz CT molecular complexity index is 788. The van der Waals surface area contributed by atoms with Crippen molar-refractivity contribution in [2.24, 2.45) is 0 Å². The van der Waals surface area contributed by atoms with Gasteiger partial charge in [-0.2, -0.15) is 0 Å². The Morgan fingerprint density at radius 2 is 1.88 bits per heavy atom. The van der Waals surface area contributed by atoms with E-state index in [9.17, 15) is 9.59 Å². The van der Waals surface area contributed by atoms with Crippen molar-refractivity contribution in [2.75, 3.05) is 6.61 Å². The molecular formula is C17H12Cl2N2O3. The predicted octanol–water partition coefficient (Wildman–Crippen LogP) is 4.12. The van der Waals surface area contributed by atoms with E-state index in [4.69, 9.17) is 27.9 Å². The van der Waals surface area contributed by atoms with E-state index in [2.05, 4.69) is 4.98 Å². The summed E-state index contributed by atoms with van der Waals surface area (Å²) in [6.07, 6.45) is 2.14. The van der Waals surface area contributed by atoms with Gasteiger partial charge >= 0.3 is 6.09 Å². The van der Waals surface area contributed by atoms with Crippen LogP contribution in [0.25, 0.3) is 6.08 Å². The van der Waals surface area contributed by atoms with E-state index in [1.165, 1.54) is 12.2 Å². The average molecular weight is 363 g/mol. The first-order valence-electron chi connectivity index (χ1n) is 7.10. The molecule has 5 nitrogen and oxygen atoms in total. The first-order valence-corrected chi connectivity index (χ1v) is 7.86. The van der Waals surface area contributed by atoms with E-state index in [0.29, 0.717) is 5.56 Å². The first-order chi connectivity index (χ1) is 11.5. The van der Waals surface area contributed by atoms with E-state index in [0.717, 1.165) is 10.5 Å². The van der Waals surface area contributed by atoms with Crippen molar-refractivity contribution in [2.45, 2.75) is 6.04 Å². The number of amides is 2. The summed E-state index contributed by atoms with van der Waals surface area (Å²) in [7, 11) is 0. The van der Waals surface area contributed by atoms with Gasteiger partial charge in [0, 0.05) is 6.08 Å². The molecule has 24 heavy (non-hydrogen) atoms. The molecule has 0 bridgehead atoms. The topological polar surface area (TPSA) is 59.5 Å². The number of aromatic nitrogens is 1. The Morgan fingerprint density at radius 3 is 2.54 bits per heavy atom. The Labute approximate surface area is 148 Å². The molecule has 0 spiro atoms. The number of pyridine rings is 1. The van der Waals surface area contributed by atoms with Crippen LogP contribution < -0.4 is 0 Å². The van der Waals surface area contributed by atoms with E-state index < -0.39 is 18.0 Å². The normalized spacial score (nSPS) is 17.3. The number of hydrogen-bond acceptors (Lipinski definition) is 4. The van der Waals surface area contributed by atoms with Crippen molar-refractivity contribution in [3.05, 3.63) is 70.0 Å². The second kappa shape index (κ2) is 7.03. The minimum atomic E-state index is -0.663. The summed E-state index contributed by atoms with van der Waals surface area (Å²) in [5.41, 5.74) is 1.44. The molecule has 1 aromatic carbocycles. The van der Waals surface area contributed by atoms with Crippen LogP contribution in [0, 0.1) is 0 Å². The molecule has 1 atom stereocenters. The van der Waals surface area contributed by atoms with Crippen LogP contribution in [0.5, 0.6) is 0 Å². The zero-order chi connectivity index (χ0) is 17.1. The molecule has 0 unspecified atom stereocenters. The van der Waals surface area contributed by atoms with Crippen LogP contribution in [0.4, 0.5) is 4.79 Å². The number of halogens is 2. The molecule has 2 amide bonds. The lowest BCUT2D eigenvalue weighted by molar-refractivity contribution is -0.124. The van der Waals surface area contributed by atoms with Crippen LogP contribution in [0.2, 0.25) is 10.3 Å². The maximum Gasteiger partial charge on any atom is 0.417 e. The zero-order valence-electron chi connectivity index (χ0n) is 12.4. The standard InChI is InChI=1S/C17H12Cl2N2O3/c18-14-8-11(9-15(19)20-14)6-7-16(22)21-13(10-24-17(21)23)12-4-2-1-3-5-12/h1-9,13H,10H2/b7-6+/t13-/m1/s1. The van der Waals surface area contributed by atoms with Gasteiger partial charge in [0.15, 0.2) is 0 Å². The van der Waals surface area contributed by atoms with Crippen molar-refractivity contribution in [1.29, 1.82) is 0 Å². The third-order valence-electron chi connectivity index (χ3n) is 3.50. The van der Waals surface area contributed by atoms with Gasteiger partial charge in [0.2, 0.25) is 0 Å². The molecule has 2 heterocycles. The number of cyclic esters (lactones) is 1. The number of carbonyl (C=O) groups is 2. The lowest BCUT2D eigenvalue weighted by atomic mass is 10.1. The fourth-order valence-electron chi connectivity index (χ4n) is 2.41. The van der Waals surface area contributed by atoms with Gasteiger partial charge in [-0.3, -0.25) is 4.79 Å². The molecule has 1 aliphatic heterocycles. The molecule has 0 aliphatic carbocycles. The highest BCUT2D eigenvalue weighted by molar-refractivity contribution is 6.32. The second-order valence-electron chi connectivity index (χ2n) is 5.09. The number of benzene rings is 1. The van der Waals surface area contributed by atoms with Crippen LogP contribution in [0.3, 0.4) is 0 Å². The lowest BCUT2D eigenvalue weighted by Crippen LogP contribution is -2.32. The van der Waals surface area contributed by atoms with Gasteiger partial charge in [-0.05, 0) is 29.3 Å². The Balaban J connectivity index is 1.82. The van der Waals surface area contributed by atoms with Crippen LogP contribution in [0.15, 0.2) is 48.5 Å². The molecule has 1 fully saturated rings. The number of imide groups is 1. The van der Waals surface area contributed by atoms with Gasteiger partial charge in [0.05, 0.1) is 0 Å². The highest BCUT2D eigenvalue weighted by Crippen LogP contribution is 2.28. The monoisotopic (exact) mass is 362 g/mol. The molecule has 1 aromatic heterocycles. The van der Waals surface area contributed by atoms with E-state index in [-0.39, 0.29) is 16.9 Å². The third-order valence-corrected chi connectivity index (χ3v) is 3.89. The van der Waals surface area contributed by atoms with Crippen molar-refractivity contribution >= 4 is 41.3 Å². The van der Waals surface area contributed by atoms with E-state index >= 15 is 0 Å². The van der Waals surface area contributed by atoms with Gasteiger partial charge < -0.3 is 4.74 Å². The zero-order valence-corrected chi connectivity index (χ0v) is 13.9. The molecule has 7 heteroatoms. The van der Waals surface area contributed by atoms with E-state index in [1.54, 1.807) is 12.1 Å². The molecule has 1 aliphatic rings. The fourth-order valence-corrected chi connectivity index (χ4v) is 2.89. The smallest absolute Gasteiger partial charge is 0.417 e. The van der Waals surface area contributed by atoms with Crippen molar-refractivity contribution in [3.8, 4) is 0 Å². The molecule has 0 saturated carbocycles. The van der Waals surface area contributed by atoms with Crippen molar-refractivity contribution < 1.29 is 14.3 Å². The summed E-state index contributed by atoms with van der Waals surface area (Å²) in [5, 5.41) is 0.440. The summed E-state index contributed by atoms with van der Waals surface area (Å²) in [4.78, 5) is 29.3. The molecule has 2 aromatic rings. The summed E-state index contributed by atoms with van der Waals surface area (Å²) in [6.45, 7) is 0.134. The number of carbonyl (C=O) groups excluding carboxylic acids is 2. The largest absolute Gasteiger partial charge is 0.446 e. The highest BCUT2D eigenvalue weighted by Gasteiger charge is 2.37. The quantitative estimate of drug-likeness (QED) is 0.608. The number of nitrogens with zero attached hydrogens (tertiary/aromatic N) is 2. The van der Waals surface area contributed by atoms with Crippen LogP contribution >= 0.6 is 23.2 Å². The maximum absolute atomic E-state index is 12.4. The molecular weight excluding hydrogens is 351 g/mol. The molecule has 1 saturated heterocycles. The summed E-state index contributed by atoms with van der Waals surface area (Å²) in [6, 6.07) is 11.9. The highest BCUT2D eigenvalue weighted by atomic mass is 35.5. The Hall–Kier alpha value is -2.37. The average Bonchev–Trinajstić information content (AvgIpc) is 2.94. The summed E-state index contributed by atoms with van der Waals surface area (Å²) < 4.78 is 5.02. The van der Waals surface area contributed by atoms with Gasteiger partial charge in [-0.1, -0.05) is 53.5 Å². The SMILES string of the molecule is O=C(/C=C/c1cc(Cl)nc(Cl)c1)N1C(=O)OC[C@@H]1c1ccccc1. The van der Waals surface area contributed by atoms with Crippen LogP contribution in [-0.2, 0) is 9.53 Å². The van der Waals surface area contributed by atoms with Gasteiger partial charge in [-0.25, -0.2) is 14.7 Å². The Morgan fingerprint density at radius 1 is 1.21 bits per heavy atom. The Kier molecular flexibility index (Phi) is 4.83. The van der Waals surface area contributed by atoms with Gasteiger partial charge in [0.25, 0.3) is 5.91 Å². The van der Waals surface area contributed by atoms with Crippen molar-refractivity contribution in [1.82, 2.24) is 9.88 Å². The molecule has 0 radical (unpaired) electrons. The minimum Gasteiger partial charge on any atom is -0.446 e. The number of hydrogen-bond donors (Lipinski definition) is 0. The van der Waals surface area contributed by atoms with Crippen molar-refractivity contribution in [3.63, 3.8) is 0 Å². The number of rotatable bonds is 3. The first kappa shape index (κ1) is 16.5. The summed E-state index contributed by atoms with van der Waals surface area (Å²) >= 11 is 11.6. The lowest BCUT2D eigenvalue weighted by Gasteiger charge is -2.18. The fraction of sp³-hybridized carbons (Fsp3) is 0.118. The maximum atomic E-state index is 12.4. The predicted molar refractivity (Wildman–Crippen MR) is 90.7 cm³/mol. The van der Waals surface area contributed by atoms with Crippen LogP contribution in [-0.4, -0.2) is 28.5 Å². The minimum absolute atomic E-state index is 0.134. The number of ether oxygens (including phenoxy) is 1. The summed E-state index contributed by atoms with van der Waals surface area (Å²) in [5.74, 6) is -0.476. The van der Waals surface area contributed by atoms with Gasteiger partial charge in [0.1, 0.15) is 23.0 Å². The van der Waals surface area contributed by atoms with E-state index in [1.807, 2.05) is 30.3 Å². The molecule has 122 valence electrons. The molecule has 3 rings (SSSR count). The third kappa shape index (κ3) is 3.58.